The van der Waals surface area contributed by atoms with E-state index in [4.69, 9.17) is 5.11 Å². The number of aromatic hydroxyl groups is 1. The number of hydrogen-bond donors (Lipinski definition) is 4. The van der Waals surface area contributed by atoms with Crippen molar-refractivity contribution in [3.05, 3.63) is 48.0 Å². The second-order valence-corrected chi connectivity index (χ2v) is 4.59. The summed E-state index contributed by atoms with van der Waals surface area (Å²) in [6, 6.07) is 5.24. The zero-order valence-electron chi connectivity index (χ0n) is 11.1. The fraction of sp³-hybridized carbons (Fsp3) is 0.214. The number of hydrogen-bond acceptors (Lipinski definition) is 4. The predicted octanol–water partition coefficient (Wildman–Crippen LogP) is 0.470. The van der Waals surface area contributed by atoms with Crippen LogP contribution in [0.5, 0.6) is 5.75 Å². The van der Waals surface area contributed by atoms with E-state index < -0.39 is 17.9 Å². The van der Waals surface area contributed by atoms with E-state index in [1.54, 1.807) is 12.1 Å². The molecule has 1 heterocycles. The zero-order valence-corrected chi connectivity index (χ0v) is 11.1. The monoisotopic (exact) mass is 289 g/mol. The number of amides is 1. The Hall–Kier alpha value is -2.83. The molecule has 0 aliphatic rings. The van der Waals surface area contributed by atoms with Gasteiger partial charge in [-0.05, 0) is 17.7 Å². The van der Waals surface area contributed by atoms with Gasteiger partial charge in [-0.1, -0.05) is 12.1 Å². The van der Waals surface area contributed by atoms with Crippen LogP contribution in [-0.2, 0) is 22.4 Å². The van der Waals surface area contributed by atoms with Gasteiger partial charge in [0.25, 0.3) is 0 Å². The third kappa shape index (κ3) is 4.34. The van der Waals surface area contributed by atoms with Crippen LogP contribution in [0.15, 0.2) is 36.8 Å². The van der Waals surface area contributed by atoms with Crippen molar-refractivity contribution in [2.24, 2.45) is 0 Å². The highest BCUT2D eigenvalue weighted by molar-refractivity contribution is 5.85. The summed E-state index contributed by atoms with van der Waals surface area (Å²) in [4.78, 5) is 29.7. The van der Waals surface area contributed by atoms with E-state index in [2.05, 4.69) is 15.3 Å². The Morgan fingerprint density at radius 1 is 1.38 bits per heavy atom. The quantitative estimate of drug-likeness (QED) is 0.617. The molecule has 110 valence electrons. The molecule has 0 unspecified atom stereocenters. The number of phenols is 1. The van der Waals surface area contributed by atoms with Gasteiger partial charge in [-0.25, -0.2) is 9.78 Å². The first-order valence-electron chi connectivity index (χ1n) is 6.32. The molecule has 2 aromatic rings. The van der Waals surface area contributed by atoms with E-state index in [0.29, 0.717) is 11.3 Å². The van der Waals surface area contributed by atoms with Crippen LogP contribution < -0.4 is 5.32 Å². The molecule has 0 fully saturated rings. The number of rotatable bonds is 6. The highest BCUT2D eigenvalue weighted by Gasteiger charge is 2.21. The molecule has 0 aliphatic carbocycles. The molecule has 0 saturated carbocycles. The summed E-state index contributed by atoms with van der Waals surface area (Å²) in [6.07, 6.45) is 3.09. The lowest BCUT2D eigenvalue weighted by Gasteiger charge is -2.13. The third-order valence-electron chi connectivity index (χ3n) is 2.89. The maximum Gasteiger partial charge on any atom is 0.326 e. The summed E-state index contributed by atoms with van der Waals surface area (Å²) in [7, 11) is 0. The highest BCUT2D eigenvalue weighted by Crippen LogP contribution is 2.11. The SMILES string of the molecule is O=C(Cc1cccc(O)c1)N[C@H](Cc1cnc[nH]1)C(=O)O. The Morgan fingerprint density at radius 2 is 2.19 bits per heavy atom. The zero-order chi connectivity index (χ0) is 15.2. The van der Waals surface area contributed by atoms with E-state index >= 15 is 0 Å². The van der Waals surface area contributed by atoms with Crippen LogP contribution in [0.2, 0.25) is 0 Å². The molecular formula is C14H15N3O4. The molecular weight excluding hydrogens is 274 g/mol. The van der Waals surface area contributed by atoms with Crippen molar-refractivity contribution in [3.8, 4) is 5.75 Å². The van der Waals surface area contributed by atoms with Gasteiger partial charge in [0.05, 0.1) is 12.7 Å². The molecule has 0 aliphatic heterocycles. The molecule has 0 spiro atoms. The number of carbonyl (C=O) groups excluding carboxylic acids is 1. The van der Waals surface area contributed by atoms with Gasteiger partial charge in [-0.3, -0.25) is 4.79 Å². The Morgan fingerprint density at radius 3 is 2.81 bits per heavy atom. The fourth-order valence-electron chi connectivity index (χ4n) is 1.91. The molecule has 7 nitrogen and oxygen atoms in total. The Kier molecular flexibility index (Phi) is 4.55. The van der Waals surface area contributed by atoms with Crippen LogP contribution in [-0.4, -0.2) is 38.1 Å². The summed E-state index contributed by atoms with van der Waals surface area (Å²) >= 11 is 0. The normalized spacial score (nSPS) is 11.8. The lowest BCUT2D eigenvalue weighted by atomic mass is 10.1. The minimum atomic E-state index is -1.12. The van der Waals surface area contributed by atoms with Crippen molar-refractivity contribution in [2.75, 3.05) is 0 Å². The van der Waals surface area contributed by atoms with Crippen LogP contribution in [0, 0.1) is 0 Å². The minimum absolute atomic E-state index is 0.00115. The second-order valence-electron chi connectivity index (χ2n) is 4.59. The van der Waals surface area contributed by atoms with E-state index in [9.17, 15) is 14.7 Å². The topological polar surface area (TPSA) is 115 Å². The van der Waals surface area contributed by atoms with Crippen molar-refractivity contribution in [1.82, 2.24) is 15.3 Å². The molecule has 1 aromatic carbocycles. The number of carboxylic acids is 1. The number of aromatic amines is 1. The average molecular weight is 289 g/mol. The van der Waals surface area contributed by atoms with Crippen molar-refractivity contribution in [2.45, 2.75) is 18.9 Å². The van der Waals surface area contributed by atoms with Gasteiger partial charge in [0.2, 0.25) is 5.91 Å². The number of H-pyrrole nitrogens is 1. The maximum absolute atomic E-state index is 11.9. The van der Waals surface area contributed by atoms with Gasteiger partial charge >= 0.3 is 5.97 Å². The number of carboxylic acid groups (broad SMARTS) is 1. The standard InChI is InChI=1S/C14H15N3O4/c18-11-3-1-2-9(4-11)5-13(19)17-12(14(20)21)6-10-7-15-8-16-10/h1-4,7-8,12,18H,5-6H2,(H,15,16)(H,17,19)(H,20,21)/t12-/m1/s1. The van der Waals surface area contributed by atoms with Gasteiger partial charge < -0.3 is 20.5 Å². The van der Waals surface area contributed by atoms with Crippen LogP contribution in [0.4, 0.5) is 0 Å². The molecule has 1 aromatic heterocycles. The van der Waals surface area contributed by atoms with E-state index in [-0.39, 0.29) is 18.6 Å². The molecule has 21 heavy (non-hydrogen) atoms. The third-order valence-corrected chi connectivity index (χ3v) is 2.89. The van der Waals surface area contributed by atoms with Crippen molar-refractivity contribution in [1.29, 1.82) is 0 Å². The van der Waals surface area contributed by atoms with E-state index in [0.717, 1.165) is 0 Å². The average Bonchev–Trinajstić information content (AvgIpc) is 2.90. The lowest BCUT2D eigenvalue weighted by molar-refractivity contribution is -0.141. The number of imidazole rings is 1. The fourth-order valence-corrected chi connectivity index (χ4v) is 1.91. The van der Waals surface area contributed by atoms with Crippen LogP contribution in [0.3, 0.4) is 0 Å². The van der Waals surface area contributed by atoms with Gasteiger partial charge in [0.15, 0.2) is 0 Å². The van der Waals surface area contributed by atoms with E-state index in [1.807, 2.05) is 0 Å². The molecule has 2 rings (SSSR count). The van der Waals surface area contributed by atoms with Crippen molar-refractivity contribution in [3.63, 3.8) is 0 Å². The van der Waals surface area contributed by atoms with Crippen molar-refractivity contribution >= 4 is 11.9 Å². The summed E-state index contributed by atoms with van der Waals surface area (Å²) in [6.45, 7) is 0. The summed E-state index contributed by atoms with van der Waals surface area (Å²) < 4.78 is 0. The van der Waals surface area contributed by atoms with Gasteiger partial charge in [0, 0.05) is 18.3 Å². The predicted molar refractivity (Wildman–Crippen MR) is 73.7 cm³/mol. The highest BCUT2D eigenvalue weighted by atomic mass is 16.4. The van der Waals surface area contributed by atoms with Crippen molar-refractivity contribution < 1.29 is 19.8 Å². The number of phenolic OH excluding ortho intramolecular Hbond substituents is 1. The van der Waals surface area contributed by atoms with Gasteiger partial charge in [-0.2, -0.15) is 0 Å². The summed E-state index contributed by atoms with van der Waals surface area (Å²) in [5.74, 6) is -1.48. The summed E-state index contributed by atoms with van der Waals surface area (Å²) in [5, 5.41) is 20.9. The Balaban J connectivity index is 1.96. The number of nitrogens with one attached hydrogen (secondary N) is 2. The molecule has 0 saturated heterocycles. The van der Waals surface area contributed by atoms with Gasteiger partial charge in [-0.15, -0.1) is 0 Å². The molecule has 1 atom stereocenters. The molecule has 1 amide bonds. The summed E-state index contributed by atoms with van der Waals surface area (Å²) in [5.41, 5.74) is 1.23. The molecule has 0 bridgehead atoms. The number of aliphatic carboxylic acids is 1. The second kappa shape index (κ2) is 6.56. The van der Waals surface area contributed by atoms with Crippen LogP contribution in [0.1, 0.15) is 11.3 Å². The van der Waals surface area contributed by atoms with Gasteiger partial charge in [0.1, 0.15) is 11.8 Å². The Bertz CT molecular complexity index is 625. The smallest absolute Gasteiger partial charge is 0.326 e. The number of aromatic nitrogens is 2. The number of nitrogens with zero attached hydrogens (tertiary/aromatic N) is 1. The lowest BCUT2D eigenvalue weighted by Crippen LogP contribution is -2.43. The number of benzene rings is 1. The first kappa shape index (κ1) is 14.6. The molecule has 7 heteroatoms. The Labute approximate surface area is 120 Å². The number of carbonyl (C=O) groups is 2. The van der Waals surface area contributed by atoms with Crippen LogP contribution in [0.25, 0.3) is 0 Å². The molecule has 0 radical (unpaired) electrons. The molecule has 4 N–H and O–H groups in total. The van der Waals surface area contributed by atoms with E-state index in [1.165, 1.54) is 24.7 Å². The van der Waals surface area contributed by atoms with Crippen LogP contribution >= 0.6 is 0 Å². The largest absolute Gasteiger partial charge is 0.508 e. The minimum Gasteiger partial charge on any atom is -0.508 e. The maximum atomic E-state index is 11.9. The first-order chi connectivity index (χ1) is 10.0. The first-order valence-corrected chi connectivity index (χ1v) is 6.32.